The highest BCUT2D eigenvalue weighted by Crippen LogP contribution is 2.15. The van der Waals surface area contributed by atoms with Crippen LogP contribution in [0, 0.1) is 0 Å². The number of unbranched alkanes of at least 4 members (excludes halogenated alkanes) is 7. The molecule has 6 nitrogen and oxygen atoms in total. The van der Waals surface area contributed by atoms with Crippen LogP contribution < -0.4 is 9.47 Å². The van der Waals surface area contributed by atoms with E-state index in [9.17, 15) is 9.59 Å². The Balaban J connectivity index is 1.39. The Morgan fingerprint density at radius 3 is 1.13 bits per heavy atom. The Morgan fingerprint density at radius 1 is 0.533 bits per heavy atom. The van der Waals surface area contributed by atoms with Crippen molar-refractivity contribution in [1.82, 2.24) is 0 Å². The minimum absolute atomic E-state index is 0.267. The molecule has 0 amide bonds. The first-order valence-electron chi connectivity index (χ1n) is 10.5. The van der Waals surface area contributed by atoms with E-state index in [2.05, 4.69) is 0 Å². The molecule has 0 fully saturated rings. The molecule has 6 heteroatoms. The summed E-state index contributed by atoms with van der Waals surface area (Å²) in [6.07, 6.45) is 9.05. The number of carboxylic acids is 2. The molecule has 0 bridgehead atoms. The molecule has 2 aromatic rings. The maximum Gasteiger partial charge on any atom is 0.335 e. The summed E-state index contributed by atoms with van der Waals surface area (Å²) in [6.45, 7) is 1.30. The minimum atomic E-state index is -0.929. The molecule has 0 saturated carbocycles. The van der Waals surface area contributed by atoms with Crippen molar-refractivity contribution >= 4 is 11.9 Å². The molecule has 0 aliphatic carbocycles. The molecule has 0 aliphatic heterocycles. The molecule has 2 aromatic carbocycles. The van der Waals surface area contributed by atoms with Gasteiger partial charge in [0.2, 0.25) is 0 Å². The van der Waals surface area contributed by atoms with Crippen LogP contribution in [0.3, 0.4) is 0 Å². The number of benzene rings is 2. The second kappa shape index (κ2) is 13.2. The first-order chi connectivity index (χ1) is 14.6. The summed E-state index contributed by atoms with van der Waals surface area (Å²) >= 11 is 0. The second-order valence-electron chi connectivity index (χ2n) is 7.18. The van der Waals surface area contributed by atoms with Crippen molar-refractivity contribution < 1.29 is 29.3 Å². The van der Waals surface area contributed by atoms with Gasteiger partial charge in [0.15, 0.2) is 0 Å². The number of carboxylic acid groups (broad SMARTS) is 2. The molecule has 0 radical (unpaired) electrons. The minimum Gasteiger partial charge on any atom is -0.494 e. The quantitative estimate of drug-likeness (QED) is 0.365. The van der Waals surface area contributed by atoms with Gasteiger partial charge in [-0.15, -0.1) is 0 Å². The molecule has 2 N–H and O–H groups in total. The van der Waals surface area contributed by atoms with E-state index in [-0.39, 0.29) is 11.1 Å². The number of hydrogen-bond donors (Lipinski definition) is 2. The van der Waals surface area contributed by atoms with Crippen molar-refractivity contribution in [3.05, 3.63) is 59.7 Å². The van der Waals surface area contributed by atoms with Crippen LogP contribution in [-0.2, 0) is 0 Å². The summed E-state index contributed by atoms with van der Waals surface area (Å²) < 4.78 is 11.3. The predicted octanol–water partition coefficient (Wildman–Crippen LogP) is 5.66. The van der Waals surface area contributed by atoms with Crippen LogP contribution in [0.4, 0.5) is 0 Å². The van der Waals surface area contributed by atoms with Gasteiger partial charge >= 0.3 is 11.9 Å². The van der Waals surface area contributed by atoms with E-state index >= 15 is 0 Å². The van der Waals surface area contributed by atoms with Gasteiger partial charge in [-0.05, 0) is 61.4 Å². The summed E-state index contributed by atoms with van der Waals surface area (Å²) in [4.78, 5) is 21.6. The van der Waals surface area contributed by atoms with E-state index in [1.807, 2.05) is 0 Å². The van der Waals surface area contributed by atoms with Gasteiger partial charge in [0, 0.05) is 0 Å². The Labute approximate surface area is 177 Å². The zero-order chi connectivity index (χ0) is 21.6. The standard InChI is InChI=1S/C24H30O6/c25-23(26)19-9-13-21(14-10-19)29-17-7-5-3-1-2-4-6-8-18-30-22-15-11-20(12-16-22)24(27)28/h9-16H,1-8,17-18H2,(H,25,26)(H,27,28). The fourth-order valence-electron chi connectivity index (χ4n) is 3.03. The summed E-state index contributed by atoms with van der Waals surface area (Å²) in [7, 11) is 0. The van der Waals surface area contributed by atoms with Crippen molar-refractivity contribution in [3.63, 3.8) is 0 Å². The van der Waals surface area contributed by atoms with Gasteiger partial charge in [0.1, 0.15) is 11.5 Å². The molecule has 0 atom stereocenters. The maximum absolute atomic E-state index is 10.8. The molecule has 0 heterocycles. The monoisotopic (exact) mass is 414 g/mol. The third kappa shape index (κ3) is 8.99. The highest BCUT2D eigenvalue weighted by Gasteiger charge is 2.03. The first kappa shape index (κ1) is 23.3. The van der Waals surface area contributed by atoms with Crippen molar-refractivity contribution in [2.24, 2.45) is 0 Å². The van der Waals surface area contributed by atoms with Gasteiger partial charge in [-0.25, -0.2) is 9.59 Å². The molecule has 0 aromatic heterocycles. The van der Waals surface area contributed by atoms with E-state index in [0.29, 0.717) is 24.7 Å². The van der Waals surface area contributed by atoms with E-state index in [1.165, 1.54) is 25.7 Å². The smallest absolute Gasteiger partial charge is 0.335 e. The highest BCUT2D eigenvalue weighted by atomic mass is 16.5. The molecule has 0 aliphatic rings. The molecule has 30 heavy (non-hydrogen) atoms. The Bertz CT molecular complexity index is 700. The lowest BCUT2D eigenvalue weighted by atomic mass is 10.1. The van der Waals surface area contributed by atoms with Crippen LogP contribution in [0.15, 0.2) is 48.5 Å². The van der Waals surface area contributed by atoms with Crippen molar-refractivity contribution in [2.75, 3.05) is 13.2 Å². The highest BCUT2D eigenvalue weighted by molar-refractivity contribution is 5.88. The van der Waals surface area contributed by atoms with Gasteiger partial charge in [-0.3, -0.25) is 0 Å². The Kier molecular flexibility index (Phi) is 10.3. The number of ether oxygens (including phenoxy) is 2. The number of rotatable bonds is 15. The summed E-state index contributed by atoms with van der Waals surface area (Å²) in [5, 5.41) is 17.7. The third-order valence-electron chi connectivity index (χ3n) is 4.78. The van der Waals surface area contributed by atoms with Crippen LogP contribution in [0.1, 0.15) is 72.1 Å². The van der Waals surface area contributed by atoms with Gasteiger partial charge < -0.3 is 19.7 Å². The summed E-state index contributed by atoms with van der Waals surface area (Å²) in [6, 6.07) is 13.0. The number of carbonyl (C=O) groups is 2. The number of hydrogen-bond acceptors (Lipinski definition) is 4. The van der Waals surface area contributed by atoms with Gasteiger partial charge in [-0.1, -0.05) is 38.5 Å². The fourth-order valence-corrected chi connectivity index (χ4v) is 3.03. The van der Waals surface area contributed by atoms with Crippen molar-refractivity contribution in [1.29, 1.82) is 0 Å². The molecular formula is C24H30O6. The molecule has 0 saturated heterocycles. The number of aromatic carboxylic acids is 2. The van der Waals surface area contributed by atoms with Crippen molar-refractivity contribution in [2.45, 2.75) is 51.4 Å². The predicted molar refractivity (Wildman–Crippen MR) is 115 cm³/mol. The molecule has 2 rings (SSSR count). The summed E-state index contributed by atoms with van der Waals surface area (Å²) in [5.41, 5.74) is 0.534. The lowest BCUT2D eigenvalue weighted by molar-refractivity contribution is 0.0686. The molecule has 162 valence electrons. The zero-order valence-corrected chi connectivity index (χ0v) is 17.2. The molecule has 0 spiro atoms. The second-order valence-corrected chi connectivity index (χ2v) is 7.18. The van der Waals surface area contributed by atoms with Crippen LogP contribution in [0.2, 0.25) is 0 Å². The van der Waals surface area contributed by atoms with E-state index in [0.717, 1.165) is 25.7 Å². The lowest BCUT2D eigenvalue weighted by Gasteiger charge is -2.07. The normalized spacial score (nSPS) is 10.5. The fraction of sp³-hybridized carbons (Fsp3) is 0.417. The van der Waals surface area contributed by atoms with E-state index in [1.54, 1.807) is 48.5 Å². The van der Waals surface area contributed by atoms with Crippen LogP contribution >= 0.6 is 0 Å². The van der Waals surface area contributed by atoms with Gasteiger partial charge in [0.25, 0.3) is 0 Å². The van der Waals surface area contributed by atoms with Crippen LogP contribution in [0.25, 0.3) is 0 Å². The Morgan fingerprint density at radius 2 is 0.833 bits per heavy atom. The van der Waals surface area contributed by atoms with Crippen molar-refractivity contribution in [3.8, 4) is 11.5 Å². The lowest BCUT2D eigenvalue weighted by Crippen LogP contribution is -1.99. The molecular weight excluding hydrogens is 384 g/mol. The first-order valence-corrected chi connectivity index (χ1v) is 10.5. The largest absolute Gasteiger partial charge is 0.494 e. The van der Waals surface area contributed by atoms with E-state index in [4.69, 9.17) is 19.7 Å². The average molecular weight is 414 g/mol. The Hall–Kier alpha value is -3.02. The summed E-state index contributed by atoms with van der Waals surface area (Å²) in [5.74, 6) is -0.442. The maximum atomic E-state index is 10.8. The average Bonchev–Trinajstić information content (AvgIpc) is 2.75. The molecule has 0 unspecified atom stereocenters. The SMILES string of the molecule is O=C(O)c1ccc(OCCCCCCCCCCOc2ccc(C(=O)O)cc2)cc1. The van der Waals surface area contributed by atoms with Gasteiger partial charge in [0.05, 0.1) is 24.3 Å². The van der Waals surface area contributed by atoms with Crippen LogP contribution in [0.5, 0.6) is 11.5 Å². The topological polar surface area (TPSA) is 93.1 Å². The van der Waals surface area contributed by atoms with Gasteiger partial charge in [-0.2, -0.15) is 0 Å². The van der Waals surface area contributed by atoms with Crippen LogP contribution in [-0.4, -0.2) is 35.4 Å². The zero-order valence-electron chi connectivity index (χ0n) is 17.2. The van der Waals surface area contributed by atoms with E-state index < -0.39 is 11.9 Å². The third-order valence-corrected chi connectivity index (χ3v) is 4.78.